The van der Waals surface area contributed by atoms with Gasteiger partial charge in [0.15, 0.2) is 0 Å². The molecule has 2 aromatic rings. The fourth-order valence-electron chi connectivity index (χ4n) is 1.91. The highest BCUT2D eigenvalue weighted by Crippen LogP contribution is 2.20. The predicted molar refractivity (Wildman–Crippen MR) is 76.2 cm³/mol. The van der Waals surface area contributed by atoms with Crippen molar-refractivity contribution >= 4 is 17.3 Å². The van der Waals surface area contributed by atoms with Gasteiger partial charge in [0.25, 0.3) is 0 Å². The molecule has 2 rings (SSSR count). The van der Waals surface area contributed by atoms with Crippen LogP contribution in [-0.4, -0.2) is 9.78 Å². The molecule has 0 unspecified atom stereocenters. The summed E-state index contributed by atoms with van der Waals surface area (Å²) in [6.45, 7) is 7.76. The van der Waals surface area contributed by atoms with Gasteiger partial charge < -0.3 is 5.32 Å². The van der Waals surface area contributed by atoms with E-state index in [0.717, 1.165) is 35.1 Å². The first-order valence-electron chi connectivity index (χ1n) is 6.13. The van der Waals surface area contributed by atoms with E-state index in [1.165, 1.54) is 5.69 Å². The largest absolute Gasteiger partial charge is 0.379 e. The molecule has 1 N–H and O–H groups in total. The van der Waals surface area contributed by atoms with Crippen molar-refractivity contribution in [1.29, 1.82) is 0 Å². The Morgan fingerprint density at radius 3 is 2.72 bits per heavy atom. The second kappa shape index (κ2) is 5.44. The van der Waals surface area contributed by atoms with Crippen molar-refractivity contribution < 1.29 is 0 Å². The van der Waals surface area contributed by atoms with Crippen LogP contribution in [0.25, 0.3) is 0 Å². The average molecular weight is 264 g/mol. The summed E-state index contributed by atoms with van der Waals surface area (Å²) < 4.78 is 2.01. The summed E-state index contributed by atoms with van der Waals surface area (Å²) in [7, 11) is 0. The fourth-order valence-corrected chi connectivity index (χ4v) is 2.09. The third-order valence-corrected chi connectivity index (χ3v) is 3.34. The second-order valence-corrected chi connectivity index (χ2v) is 4.82. The Balaban J connectivity index is 2.08. The number of aromatic nitrogens is 2. The van der Waals surface area contributed by atoms with E-state index in [0.29, 0.717) is 0 Å². The van der Waals surface area contributed by atoms with Crippen LogP contribution >= 0.6 is 11.6 Å². The van der Waals surface area contributed by atoms with Gasteiger partial charge in [0.05, 0.1) is 17.9 Å². The lowest BCUT2D eigenvalue weighted by Crippen LogP contribution is -2.07. The quantitative estimate of drug-likeness (QED) is 0.910. The molecule has 18 heavy (non-hydrogen) atoms. The molecule has 96 valence electrons. The van der Waals surface area contributed by atoms with Crippen LogP contribution in [0.3, 0.4) is 0 Å². The van der Waals surface area contributed by atoms with Crippen molar-refractivity contribution in [2.45, 2.75) is 33.9 Å². The molecule has 1 heterocycles. The minimum atomic E-state index is 0.758. The van der Waals surface area contributed by atoms with Gasteiger partial charge >= 0.3 is 0 Å². The second-order valence-electron chi connectivity index (χ2n) is 4.41. The lowest BCUT2D eigenvalue weighted by molar-refractivity contribution is 0.623. The number of rotatable bonds is 4. The molecule has 3 nitrogen and oxygen atoms in total. The van der Waals surface area contributed by atoms with Gasteiger partial charge in [0.1, 0.15) is 0 Å². The van der Waals surface area contributed by atoms with E-state index in [4.69, 9.17) is 11.6 Å². The number of nitrogens with one attached hydrogen (secondary N) is 1. The van der Waals surface area contributed by atoms with E-state index in [2.05, 4.69) is 23.4 Å². The third kappa shape index (κ3) is 2.85. The maximum atomic E-state index is 6.10. The molecule has 1 aromatic heterocycles. The van der Waals surface area contributed by atoms with Crippen LogP contribution in [0.2, 0.25) is 5.02 Å². The highest BCUT2D eigenvalue weighted by Gasteiger charge is 2.04. The Kier molecular flexibility index (Phi) is 3.92. The highest BCUT2D eigenvalue weighted by molar-refractivity contribution is 6.31. The molecule has 0 aliphatic carbocycles. The molecule has 0 atom stereocenters. The first-order chi connectivity index (χ1) is 8.60. The molecule has 0 aliphatic heterocycles. The van der Waals surface area contributed by atoms with E-state index in [1.807, 2.05) is 36.7 Å². The first kappa shape index (κ1) is 13.0. The normalized spacial score (nSPS) is 10.7. The molecule has 0 saturated heterocycles. The number of benzene rings is 1. The van der Waals surface area contributed by atoms with Gasteiger partial charge in [-0.15, -0.1) is 0 Å². The molecular weight excluding hydrogens is 246 g/mol. The zero-order valence-electron chi connectivity index (χ0n) is 11.0. The Labute approximate surface area is 113 Å². The van der Waals surface area contributed by atoms with E-state index < -0.39 is 0 Å². The van der Waals surface area contributed by atoms with Crippen LogP contribution in [0.4, 0.5) is 5.69 Å². The fraction of sp³-hybridized carbons (Fsp3) is 0.357. The maximum absolute atomic E-state index is 6.10. The molecule has 4 heteroatoms. The van der Waals surface area contributed by atoms with Crippen LogP contribution in [-0.2, 0) is 13.1 Å². The molecule has 0 spiro atoms. The first-order valence-corrected chi connectivity index (χ1v) is 6.51. The van der Waals surface area contributed by atoms with Crippen LogP contribution in [0.1, 0.15) is 23.9 Å². The summed E-state index contributed by atoms with van der Waals surface area (Å²) in [6.07, 6.45) is 0. The molecule has 0 fully saturated rings. The third-order valence-electron chi connectivity index (χ3n) is 2.93. The number of hydrogen-bond donors (Lipinski definition) is 1. The summed E-state index contributed by atoms with van der Waals surface area (Å²) in [5.74, 6) is 0. The van der Waals surface area contributed by atoms with Gasteiger partial charge in [-0.05, 0) is 44.5 Å². The van der Waals surface area contributed by atoms with Crippen LogP contribution in [0, 0.1) is 13.8 Å². The van der Waals surface area contributed by atoms with Crippen LogP contribution in [0.15, 0.2) is 24.3 Å². The Morgan fingerprint density at radius 2 is 2.06 bits per heavy atom. The van der Waals surface area contributed by atoms with Crippen LogP contribution in [0.5, 0.6) is 0 Å². The number of hydrogen-bond acceptors (Lipinski definition) is 2. The summed E-state index contributed by atoms with van der Waals surface area (Å²) in [6, 6.07) is 8.12. The molecule has 0 radical (unpaired) electrons. The Morgan fingerprint density at radius 1 is 1.28 bits per heavy atom. The monoisotopic (exact) mass is 263 g/mol. The van der Waals surface area contributed by atoms with Crippen LogP contribution < -0.4 is 5.32 Å². The number of anilines is 1. The Bertz CT molecular complexity index is 546. The SMILES string of the molecule is CCn1nc(C)cc1CNc1ccc(C)c(Cl)c1. The van der Waals surface area contributed by atoms with E-state index in [1.54, 1.807) is 0 Å². The number of aryl methyl sites for hydroxylation is 3. The summed E-state index contributed by atoms with van der Waals surface area (Å²) >= 11 is 6.10. The molecule has 0 saturated carbocycles. The summed E-state index contributed by atoms with van der Waals surface area (Å²) in [5.41, 5.74) is 4.37. The van der Waals surface area contributed by atoms with Gasteiger partial charge in [-0.3, -0.25) is 4.68 Å². The minimum Gasteiger partial charge on any atom is -0.379 e. The number of halogens is 1. The Hall–Kier alpha value is -1.48. The van der Waals surface area contributed by atoms with Crippen molar-refractivity contribution in [1.82, 2.24) is 9.78 Å². The van der Waals surface area contributed by atoms with Gasteiger partial charge in [-0.25, -0.2) is 0 Å². The van der Waals surface area contributed by atoms with Gasteiger partial charge in [-0.2, -0.15) is 5.10 Å². The van der Waals surface area contributed by atoms with Crippen molar-refractivity contribution in [3.63, 3.8) is 0 Å². The molecule has 1 aromatic carbocycles. The van der Waals surface area contributed by atoms with Crippen molar-refractivity contribution in [3.05, 3.63) is 46.2 Å². The number of nitrogens with zero attached hydrogens (tertiary/aromatic N) is 2. The molecule has 0 amide bonds. The predicted octanol–water partition coefficient (Wildman–Crippen LogP) is 3.79. The maximum Gasteiger partial charge on any atom is 0.0597 e. The molecule has 0 aliphatic rings. The zero-order valence-corrected chi connectivity index (χ0v) is 11.8. The topological polar surface area (TPSA) is 29.9 Å². The highest BCUT2D eigenvalue weighted by atomic mass is 35.5. The summed E-state index contributed by atoms with van der Waals surface area (Å²) in [5, 5.41) is 8.59. The lowest BCUT2D eigenvalue weighted by atomic mass is 10.2. The van der Waals surface area contributed by atoms with E-state index >= 15 is 0 Å². The lowest BCUT2D eigenvalue weighted by Gasteiger charge is -2.09. The smallest absolute Gasteiger partial charge is 0.0597 e. The van der Waals surface area contributed by atoms with Gasteiger partial charge in [-0.1, -0.05) is 17.7 Å². The van der Waals surface area contributed by atoms with Crippen molar-refractivity contribution in [3.8, 4) is 0 Å². The minimum absolute atomic E-state index is 0.758. The van der Waals surface area contributed by atoms with Crippen molar-refractivity contribution in [2.24, 2.45) is 0 Å². The van der Waals surface area contributed by atoms with Gasteiger partial charge in [0, 0.05) is 17.3 Å². The average Bonchev–Trinajstić information content (AvgIpc) is 2.71. The standard InChI is InChI=1S/C14H18ClN3/c1-4-18-13(7-11(3)17-18)9-16-12-6-5-10(2)14(15)8-12/h5-8,16H,4,9H2,1-3H3. The molecule has 0 bridgehead atoms. The van der Waals surface area contributed by atoms with E-state index in [-0.39, 0.29) is 0 Å². The van der Waals surface area contributed by atoms with E-state index in [9.17, 15) is 0 Å². The zero-order chi connectivity index (χ0) is 13.1. The van der Waals surface area contributed by atoms with Gasteiger partial charge in [0.2, 0.25) is 0 Å². The summed E-state index contributed by atoms with van der Waals surface area (Å²) in [4.78, 5) is 0. The molecular formula is C14H18ClN3. The van der Waals surface area contributed by atoms with Crippen molar-refractivity contribution in [2.75, 3.05) is 5.32 Å².